The van der Waals surface area contributed by atoms with Gasteiger partial charge in [0, 0.05) is 11.1 Å². The number of carbonyl (C=O) groups is 1. The second-order valence-electron chi connectivity index (χ2n) is 6.64. The topological polar surface area (TPSA) is 24.8 Å². The minimum absolute atomic E-state index is 0.00782. The Morgan fingerprint density at radius 1 is 0.889 bits per heavy atom. The number of nitrogens with zero attached hydrogens (tertiary/aromatic N) is 1. The van der Waals surface area contributed by atoms with Crippen molar-refractivity contribution in [1.82, 2.24) is 4.90 Å². The highest BCUT2D eigenvalue weighted by molar-refractivity contribution is 5.81. The molecule has 1 heterocycles. The molecule has 2 aromatic carbocycles. The van der Waals surface area contributed by atoms with Crippen molar-refractivity contribution in [3.05, 3.63) is 71.8 Å². The first-order valence-electron chi connectivity index (χ1n) is 8.82. The number of nitrogens with one attached hydrogen (secondary N) is 1. The third kappa shape index (κ3) is 4.47. The molecule has 0 saturated carbocycles. The van der Waals surface area contributed by atoms with Gasteiger partial charge in [-0.15, -0.1) is 0 Å². The molecule has 1 amide bonds. The van der Waals surface area contributed by atoms with Gasteiger partial charge in [0.25, 0.3) is 12.1 Å². The Bertz CT molecular complexity index is 704. The van der Waals surface area contributed by atoms with Crippen LogP contribution in [0, 0.1) is 0 Å². The molecule has 1 aliphatic heterocycles. The normalized spacial score (nSPS) is 17.1. The standard InChI is InChI=1S/C20H20F4N2O/c21-18(20(22,23)24)19(27)26-13-11-25(12-14-26)17(15-7-3-1-4-8-15)16-9-5-2-6-10-16/h1-10,17-18H,11-14H2/p+1/t18-/m0/s1. The number of halogens is 4. The number of carbonyl (C=O) groups excluding carboxylic acids is 1. The molecule has 1 aliphatic rings. The lowest BCUT2D eigenvalue weighted by Crippen LogP contribution is -3.15. The highest BCUT2D eigenvalue weighted by Gasteiger charge is 2.48. The fourth-order valence-electron chi connectivity index (χ4n) is 3.56. The van der Waals surface area contributed by atoms with Crippen LogP contribution in [0.5, 0.6) is 0 Å². The molecular formula is C20H21F4N2O+. The number of amides is 1. The predicted molar refractivity (Wildman–Crippen MR) is 93.0 cm³/mol. The van der Waals surface area contributed by atoms with Crippen LogP contribution in [0.25, 0.3) is 0 Å². The van der Waals surface area contributed by atoms with Gasteiger partial charge in [-0.2, -0.15) is 13.2 Å². The molecule has 1 N–H and O–H groups in total. The van der Waals surface area contributed by atoms with Crippen LogP contribution in [0.3, 0.4) is 0 Å². The Balaban J connectivity index is 1.75. The summed E-state index contributed by atoms with van der Waals surface area (Å²) in [5.74, 6) is -1.49. The van der Waals surface area contributed by atoms with Gasteiger partial charge in [-0.25, -0.2) is 4.39 Å². The number of piperazine rings is 1. The molecule has 7 heteroatoms. The Kier molecular flexibility index (Phi) is 5.79. The second-order valence-corrected chi connectivity index (χ2v) is 6.64. The maximum Gasteiger partial charge on any atom is 0.428 e. The van der Waals surface area contributed by atoms with Gasteiger partial charge < -0.3 is 9.80 Å². The largest absolute Gasteiger partial charge is 0.428 e. The summed E-state index contributed by atoms with van der Waals surface area (Å²) in [4.78, 5) is 13.9. The van der Waals surface area contributed by atoms with Crippen LogP contribution in [-0.4, -0.2) is 49.3 Å². The lowest BCUT2D eigenvalue weighted by atomic mass is 9.96. The van der Waals surface area contributed by atoms with Crippen molar-refractivity contribution in [2.24, 2.45) is 0 Å². The zero-order chi connectivity index (χ0) is 19.4. The molecule has 0 bridgehead atoms. The van der Waals surface area contributed by atoms with Crippen LogP contribution < -0.4 is 4.90 Å². The molecule has 2 aromatic rings. The van der Waals surface area contributed by atoms with Crippen LogP contribution in [0.2, 0.25) is 0 Å². The first-order valence-corrected chi connectivity index (χ1v) is 8.82. The van der Waals surface area contributed by atoms with Crippen molar-refractivity contribution in [3.63, 3.8) is 0 Å². The van der Waals surface area contributed by atoms with Crippen LogP contribution in [0.1, 0.15) is 17.2 Å². The lowest BCUT2D eigenvalue weighted by Gasteiger charge is -2.37. The van der Waals surface area contributed by atoms with E-state index >= 15 is 0 Å². The van der Waals surface area contributed by atoms with Crippen molar-refractivity contribution < 1.29 is 27.3 Å². The zero-order valence-electron chi connectivity index (χ0n) is 14.6. The van der Waals surface area contributed by atoms with Crippen molar-refractivity contribution >= 4 is 5.91 Å². The number of hydrogen-bond donors (Lipinski definition) is 1. The number of benzene rings is 2. The summed E-state index contributed by atoms with van der Waals surface area (Å²) < 4.78 is 50.8. The predicted octanol–water partition coefficient (Wildman–Crippen LogP) is 2.40. The van der Waals surface area contributed by atoms with E-state index in [-0.39, 0.29) is 19.1 Å². The molecule has 3 nitrogen and oxygen atoms in total. The summed E-state index contributed by atoms with van der Waals surface area (Å²) in [6, 6.07) is 19.7. The van der Waals surface area contributed by atoms with Gasteiger partial charge in [-0.05, 0) is 0 Å². The van der Waals surface area contributed by atoms with Gasteiger partial charge in [0.1, 0.15) is 6.04 Å². The van der Waals surface area contributed by atoms with Crippen LogP contribution in [0.15, 0.2) is 60.7 Å². The quantitative estimate of drug-likeness (QED) is 0.809. The average molecular weight is 381 g/mol. The summed E-state index contributed by atoms with van der Waals surface area (Å²) >= 11 is 0. The van der Waals surface area contributed by atoms with Crippen molar-refractivity contribution in [2.45, 2.75) is 18.4 Å². The van der Waals surface area contributed by atoms with E-state index in [4.69, 9.17) is 0 Å². The molecule has 0 aliphatic carbocycles. The van der Waals surface area contributed by atoms with E-state index in [1.54, 1.807) is 0 Å². The van der Waals surface area contributed by atoms with Crippen LogP contribution in [-0.2, 0) is 4.79 Å². The maximum absolute atomic E-state index is 13.4. The smallest absolute Gasteiger partial charge is 0.329 e. The van der Waals surface area contributed by atoms with E-state index in [2.05, 4.69) is 0 Å². The average Bonchev–Trinajstić information content (AvgIpc) is 2.68. The van der Waals surface area contributed by atoms with Gasteiger partial charge in [-0.3, -0.25) is 4.79 Å². The molecule has 1 atom stereocenters. The van der Waals surface area contributed by atoms with E-state index in [1.165, 1.54) is 0 Å². The van der Waals surface area contributed by atoms with Crippen LogP contribution >= 0.6 is 0 Å². The minimum atomic E-state index is -5.16. The van der Waals surface area contributed by atoms with Crippen molar-refractivity contribution in [2.75, 3.05) is 26.2 Å². The number of hydrogen-bond acceptors (Lipinski definition) is 1. The van der Waals surface area contributed by atoms with E-state index in [0.29, 0.717) is 13.1 Å². The SMILES string of the molecule is O=C([C@H](F)C(F)(F)F)N1CC[NH+](C(c2ccccc2)c2ccccc2)CC1. The summed E-state index contributed by atoms with van der Waals surface area (Å²) in [6.45, 7) is 1.09. The Labute approximate surface area is 155 Å². The van der Waals surface area contributed by atoms with E-state index in [9.17, 15) is 22.4 Å². The zero-order valence-corrected chi connectivity index (χ0v) is 14.6. The van der Waals surface area contributed by atoms with Crippen molar-refractivity contribution in [1.29, 1.82) is 0 Å². The molecule has 27 heavy (non-hydrogen) atoms. The number of rotatable bonds is 4. The monoisotopic (exact) mass is 381 g/mol. The maximum atomic E-state index is 13.4. The van der Waals surface area contributed by atoms with Gasteiger partial charge in [0.05, 0.1) is 26.2 Å². The number of alkyl halides is 4. The summed E-state index contributed by atoms with van der Waals surface area (Å²) in [6.07, 6.45) is -8.60. The first-order chi connectivity index (χ1) is 12.9. The Hall–Kier alpha value is -2.41. The Morgan fingerprint density at radius 3 is 1.74 bits per heavy atom. The van der Waals surface area contributed by atoms with Crippen molar-refractivity contribution in [3.8, 4) is 0 Å². The first kappa shape index (κ1) is 19.4. The molecule has 0 aromatic heterocycles. The van der Waals surface area contributed by atoms with Crippen LogP contribution in [0.4, 0.5) is 17.6 Å². The third-order valence-corrected chi connectivity index (χ3v) is 4.90. The molecule has 144 valence electrons. The molecule has 1 fully saturated rings. The lowest BCUT2D eigenvalue weighted by molar-refractivity contribution is -0.929. The summed E-state index contributed by atoms with van der Waals surface area (Å²) in [5.41, 5.74) is 2.19. The molecular weight excluding hydrogens is 360 g/mol. The van der Waals surface area contributed by atoms with Gasteiger partial charge in [-0.1, -0.05) is 60.7 Å². The summed E-state index contributed by atoms with van der Waals surface area (Å²) in [7, 11) is 0. The summed E-state index contributed by atoms with van der Waals surface area (Å²) in [5, 5.41) is 0. The fraction of sp³-hybridized carbons (Fsp3) is 0.350. The van der Waals surface area contributed by atoms with E-state index < -0.39 is 18.3 Å². The third-order valence-electron chi connectivity index (χ3n) is 4.90. The minimum Gasteiger partial charge on any atom is -0.329 e. The molecule has 1 saturated heterocycles. The molecule has 0 spiro atoms. The highest BCUT2D eigenvalue weighted by atomic mass is 19.4. The number of quaternary nitrogens is 1. The van der Waals surface area contributed by atoms with Gasteiger partial charge in [0.15, 0.2) is 0 Å². The van der Waals surface area contributed by atoms with E-state index in [0.717, 1.165) is 20.9 Å². The highest BCUT2D eigenvalue weighted by Crippen LogP contribution is 2.25. The molecule has 0 unspecified atom stereocenters. The molecule has 0 radical (unpaired) electrons. The second kappa shape index (κ2) is 8.08. The Morgan fingerprint density at radius 2 is 1.33 bits per heavy atom. The molecule has 3 rings (SSSR count). The fourth-order valence-corrected chi connectivity index (χ4v) is 3.56. The van der Waals surface area contributed by atoms with Gasteiger partial charge in [0.2, 0.25) is 0 Å². The van der Waals surface area contributed by atoms with E-state index in [1.807, 2.05) is 60.7 Å². The van der Waals surface area contributed by atoms with Gasteiger partial charge >= 0.3 is 6.18 Å².